The Morgan fingerprint density at radius 3 is 2.50 bits per heavy atom. The molecule has 0 bridgehead atoms. The van der Waals surface area contributed by atoms with Crippen LogP contribution in [0.5, 0.6) is 11.6 Å². The zero-order chi connectivity index (χ0) is 17.7. The summed E-state index contributed by atoms with van der Waals surface area (Å²) >= 11 is 0.937. The summed E-state index contributed by atoms with van der Waals surface area (Å²) in [5, 5.41) is 2.83. The molecule has 0 aliphatic carbocycles. The number of carbonyl (C=O) groups is 2. The molecule has 0 radical (unpaired) electrons. The number of benzene rings is 1. The van der Waals surface area contributed by atoms with Gasteiger partial charge in [0.15, 0.2) is 0 Å². The van der Waals surface area contributed by atoms with Gasteiger partial charge in [-0.25, -0.2) is 4.79 Å². The van der Waals surface area contributed by atoms with Crippen LogP contribution in [0.3, 0.4) is 0 Å². The second-order valence-electron chi connectivity index (χ2n) is 5.02. The Morgan fingerprint density at radius 1 is 1.29 bits per heavy atom. The average molecular weight is 350 g/mol. The number of primary amides is 1. The highest BCUT2D eigenvalue weighted by molar-refractivity contribution is 7.11. The highest BCUT2D eigenvalue weighted by atomic mass is 32.1. The topological polar surface area (TPSA) is 107 Å². The highest BCUT2D eigenvalue weighted by Crippen LogP contribution is 2.31. The van der Waals surface area contributed by atoms with Crippen molar-refractivity contribution in [1.82, 2.24) is 9.27 Å². The molecule has 0 aliphatic rings. The third-order valence-corrected chi connectivity index (χ3v) is 3.81. The molecule has 128 valence electrons. The van der Waals surface area contributed by atoms with Gasteiger partial charge in [0.25, 0.3) is 5.91 Å². The maximum atomic E-state index is 11.7. The van der Waals surface area contributed by atoms with Crippen molar-refractivity contribution in [1.29, 1.82) is 0 Å². The van der Waals surface area contributed by atoms with Gasteiger partial charge < -0.3 is 20.1 Å². The van der Waals surface area contributed by atoms with Gasteiger partial charge in [-0.15, -0.1) is 0 Å². The predicted octanol–water partition coefficient (Wildman–Crippen LogP) is 1.92. The van der Waals surface area contributed by atoms with Gasteiger partial charge in [0.2, 0.25) is 5.88 Å². The van der Waals surface area contributed by atoms with E-state index in [1.54, 1.807) is 33.3 Å². The molecule has 0 aliphatic heterocycles. The molecule has 2 aromatic rings. The standard InChI is InChI=1S/C15H18N4O4S/c1-19(2)15(21)17-14-11(12(16)20)13(18-24-14)23-8-9-4-6-10(22-3)7-5-9/h4-7H,8H2,1-3H3,(H2,16,20)(H,17,21). The Bertz CT molecular complexity index is 728. The highest BCUT2D eigenvalue weighted by Gasteiger charge is 2.22. The van der Waals surface area contributed by atoms with Crippen LogP contribution in [-0.2, 0) is 6.61 Å². The lowest BCUT2D eigenvalue weighted by Gasteiger charge is -2.11. The summed E-state index contributed by atoms with van der Waals surface area (Å²) in [5.41, 5.74) is 6.32. The largest absolute Gasteiger partial charge is 0.497 e. The van der Waals surface area contributed by atoms with Crippen LogP contribution < -0.4 is 20.5 Å². The number of carbonyl (C=O) groups excluding carboxylic acids is 2. The molecule has 2 rings (SSSR count). The van der Waals surface area contributed by atoms with Gasteiger partial charge in [-0.3, -0.25) is 10.1 Å². The second-order valence-corrected chi connectivity index (χ2v) is 5.79. The van der Waals surface area contributed by atoms with Crippen LogP contribution >= 0.6 is 11.5 Å². The van der Waals surface area contributed by atoms with Crippen molar-refractivity contribution in [3.63, 3.8) is 0 Å². The molecule has 24 heavy (non-hydrogen) atoms. The first kappa shape index (κ1) is 17.5. The number of amides is 3. The number of rotatable bonds is 6. The number of anilines is 1. The summed E-state index contributed by atoms with van der Waals surface area (Å²) in [6, 6.07) is 6.89. The molecule has 0 atom stereocenters. The Labute approximate surface area is 143 Å². The van der Waals surface area contributed by atoms with E-state index in [4.69, 9.17) is 15.2 Å². The number of nitrogens with two attached hydrogens (primary N) is 1. The number of nitrogens with zero attached hydrogens (tertiary/aromatic N) is 2. The van der Waals surface area contributed by atoms with Crippen molar-refractivity contribution in [2.45, 2.75) is 6.61 Å². The second kappa shape index (κ2) is 7.64. The number of hydrogen-bond acceptors (Lipinski definition) is 6. The Balaban J connectivity index is 2.13. The van der Waals surface area contributed by atoms with E-state index in [2.05, 4.69) is 9.69 Å². The van der Waals surface area contributed by atoms with Crippen molar-refractivity contribution < 1.29 is 19.1 Å². The van der Waals surface area contributed by atoms with E-state index >= 15 is 0 Å². The minimum Gasteiger partial charge on any atom is -0.497 e. The van der Waals surface area contributed by atoms with Crippen molar-refractivity contribution in [2.24, 2.45) is 5.73 Å². The van der Waals surface area contributed by atoms with Gasteiger partial charge in [-0.1, -0.05) is 12.1 Å². The fourth-order valence-corrected chi connectivity index (χ4v) is 2.49. The van der Waals surface area contributed by atoms with Crippen LogP contribution in [-0.4, -0.2) is 42.4 Å². The number of ether oxygens (including phenoxy) is 2. The Morgan fingerprint density at radius 2 is 1.96 bits per heavy atom. The van der Waals surface area contributed by atoms with Crippen LogP contribution in [0.4, 0.5) is 9.80 Å². The van der Waals surface area contributed by atoms with Gasteiger partial charge in [-0.05, 0) is 29.2 Å². The molecule has 0 spiro atoms. The lowest BCUT2D eigenvalue weighted by molar-refractivity contribution is 0.0996. The summed E-state index contributed by atoms with van der Waals surface area (Å²) in [6.07, 6.45) is 0. The third kappa shape index (κ3) is 4.13. The van der Waals surface area contributed by atoms with Gasteiger partial charge >= 0.3 is 6.03 Å². The SMILES string of the molecule is COc1ccc(COc2nsc(NC(=O)N(C)C)c2C(N)=O)cc1. The van der Waals surface area contributed by atoms with Crippen molar-refractivity contribution in [3.05, 3.63) is 35.4 Å². The molecule has 1 heterocycles. The molecule has 3 amide bonds. The van der Waals surface area contributed by atoms with E-state index in [1.807, 2.05) is 12.1 Å². The molecule has 9 heteroatoms. The number of urea groups is 1. The van der Waals surface area contributed by atoms with Gasteiger partial charge in [-0.2, -0.15) is 4.37 Å². The normalized spacial score (nSPS) is 10.1. The zero-order valence-electron chi connectivity index (χ0n) is 13.5. The molecular weight excluding hydrogens is 332 g/mol. The molecule has 1 aromatic carbocycles. The summed E-state index contributed by atoms with van der Waals surface area (Å²) < 4.78 is 14.7. The third-order valence-electron chi connectivity index (χ3n) is 3.07. The molecular formula is C15H18N4O4S. The van der Waals surface area contributed by atoms with E-state index in [-0.39, 0.29) is 29.1 Å². The van der Waals surface area contributed by atoms with E-state index < -0.39 is 5.91 Å². The molecule has 0 fully saturated rings. The minimum atomic E-state index is -0.720. The summed E-state index contributed by atoms with van der Waals surface area (Å²) in [7, 11) is 4.76. The van der Waals surface area contributed by atoms with Crippen molar-refractivity contribution in [2.75, 3.05) is 26.5 Å². The van der Waals surface area contributed by atoms with Crippen molar-refractivity contribution >= 4 is 28.5 Å². The first-order chi connectivity index (χ1) is 11.4. The summed E-state index contributed by atoms with van der Waals surface area (Å²) in [6.45, 7) is 0.203. The summed E-state index contributed by atoms with van der Waals surface area (Å²) in [5.74, 6) is 0.110. The van der Waals surface area contributed by atoms with Crippen LogP contribution in [0.1, 0.15) is 15.9 Å². The van der Waals surface area contributed by atoms with E-state index in [0.717, 1.165) is 22.8 Å². The van der Waals surface area contributed by atoms with E-state index in [1.165, 1.54) is 4.90 Å². The first-order valence-electron chi connectivity index (χ1n) is 6.96. The molecule has 0 unspecified atom stereocenters. The molecule has 1 aromatic heterocycles. The molecule has 0 saturated carbocycles. The van der Waals surface area contributed by atoms with E-state index in [9.17, 15) is 9.59 Å². The quantitative estimate of drug-likeness (QED) is 0.828. The zero-order valence-corrected chi connectivity index (χ0v) is 14.3. The number of methoxy groups -OCH3 is 1. The maximum Gasteiger partial charge on any atom is 0.321 e. The first-order valence-corrected chi connectivity index (χ1v) is 7.73. The molecule has 3 N–H and O–H groups in total. The average Bonchev–Trinajstić information content (AvgIpc) is 2.96. The fraction of sp³-hybridized carbons (Fsp3) is 0.267. The van der Waals surface area contributed by atoms with Gasteiger partial charge in [0.1, 0.15) is 22.9 Å². The predicted molar refractivity (Wildman–Crippen MR) is 90.7 cm³/mol. The van der Waals surface area contributed by atoms with Gasteiger partial charge in [0, 0.05) is 14.1 Å². The number of nitrogens with one attached hydrogen (secondary N) is 1. The lowest BCUT2D eigenvalue weighted by Crippen LogP contribution is -2.28. The van der Waals surface area contributed by atoms with Crippen LogP contribution in [0.2, 0.25) is 0 Å². The number of aromatic nitrogens is 1. The van der Waals surface area contributed by atoms with E-state index in [0.29, 0.717) is 0 Å². The Hall–Kier alpha value is -2.81. The van der Waals surface area contributed by atoms with Crippen LogP contribution in [0.25, 0.3) is 0 Å². The lowest BCUT2D eigenvalue weighted by atomic mass is 10.2. The van der Waals surface area contributed by atoms with Gasteiger partial charge in [0.05, 0.1) is 7.11 Å². The Kier molecular flexibility index (Phi) is 5.59. The van der Waals surface area contributed by atoms with Crippen LogP contribution in [0.15, 0.2) is 24.3 Å². The molecule has 0 saturated heterocycles. The van der Waals surface area contributed by atoms with Crippen LogP contribution in [0, 0.1) is 0 Å². The summed E-state index contributed by atoms with van der Waals surface area (Å²) in [4.78, 5) is 24.7. The molecule has 8 nitrogen and oxygen atoms in total. The fourth-order valence-electron chi connectivity index (χ4n) is 1.76. The minimum absolute atomic E-state index is 0.0590. The number of hydrogen-bond donors (Lipinski definition) is 2. The van der Waals surface area contributed by atoms with Crippen molar-refractivity contribution in [3.8, 4) is 11.6 Å². The monoisotopic (exact) mass is 350 g/mol. The maximum absolute atomic E-state index is 11.7. The smallest absolute Gasteiger partial charge is 0.321 e.